The summed E-state index contributed by atoms with van der Waals surface area (Å²) in [7, 11) is 0. The van der Waals surface area contributed by atoms with Crippen LogP contribution in [0.4, 0.5) is 5.69 Å². The molecule has 1 saturated heterocycles. The summed E-state index contributed by atoms with van der Waals surface area (Å²) in [4.78, 5) is 50.0. The zero-order valence-corrected chi connectivity index (χ0v) is 20.4. The van der Waals surface area contributed by atoms with E-state index in [4.69, 9.17) is 26.4 Å². The highest BCUT2D eigenvalue weighted by Gasteiger charge is 2.40. The number of carbonyl (C=O) groups is 4. The van der Waals surface area contributed by atoms with Gasteiger partial charge in [-0.3, -0.25) is 9.59 Å². The molecule has 36 heavy (non-hydrogen) atoms. The number of thiocarbonyl (C=S) groups is 1. The molecule has 1 aromatic carbocycles. The van der Waals surface area contributed by atoms with Gasteiger partial charge in [-0.15, -0.1) is 0 Å². The van der Waals surface area contributed by atoms with Gasteiger partial charge in [0.05, 0.1) is 17.2 Å². The summed E-state index contributed by atoms with van der Waals surface area (Å²) >= 11 is 4.83. The first-order valence-electron chi connectivity index (χ1n) is 11.0. The van der Waals surface area contributed by atoms with Crippen LogP contribution >= 0.6 is 12.2 Å². The molecule has 0 bridgehead atoms. The van der Waals surface area contributed by atoms with Gasteiger partial charge in [0, 0.05) is 12.2 Å². The molecular weight excluding hydrogens is 488 g/mol. The van der Waals surface area contributed by atoms with E-state index < -0.39 is 46.7 Å². The summed E-state index contributed by atoms with van der Waals surface area (Å²) in [6.45, 7) is 10.5. The van der Waals surface area contributed by atoms with Crippen LogP contribution in [0.15, 0.2) is 56.2 Å². The summed E-state index contributed by atoms with van der Waals surface area (Å²) in [6.07, 6.45) is 4.35. The minimum Gasteiger partial charge on any atom is -0.501 e. The monoisotopic (exact) mass is 516 g/mol. The highest BCUT2D eigenvalue weighted by atomic mass is 32.1. The number of nitrogens with one attached hydrogen (secondary N) is 2. The molecule has 0 radical (unpaired) electrons. The van der Waals surface area contributed by atoms with Crippen LogP contribution in [0.25, 0.3) is 0 Å². The Kier molecular flexibility index (Phi) is 11.0. The lowest BCUT2D eigenvalue weighted by Gasteiger charge is -2.19. The molecular formula is C25H28N2O8S. The molecule has 1 unspecified atom stereocenters. The maximum absolute atomic E-state index is 12.9. The van der Waals surface area contributed by atoms with E-state index in [0.29, 0.717) is 0 Å². The third-order valence-electron chi connectivity index (χ3n) is 5.15. The Labute approximate surface area is 214 Å². The van der Waals surface area contributed by atoms with E-state index in [1.165, 1.54) is 36.4 Å². The minimum atomic E-state index is -1.08. The topological polar surface area (TPSA) is 140 Å². The van der Waals surface area contributed by atoms with Gasteiger partial charge in [0.25, 0.3) is 0 Å². The minimum absolute atomic E-state index is 0.0214. The molecule has 2 rings (SSSR count). The van der Waals surface area contributed by atoms with Gasteiger partial charge in [0.1, 0.15) is 25.7 Å². The van der Waals surface area contributed by atoms with Gasteiger partial charge >= 0.3 is 17.9 Å². The molecule has 10 nitrogen and oxygen atoms in total. The van der Waals surface area contributed by atoms with Gasteiger partial charge in [0.2, 0.25) is 5.91 Å². The standard InChI is InChI=1S/C25H28N2O8S/c1-4-7-33-22(29)15-10-16(23(30)34-8-5-2)12-18(11-15)27-21(28)19-13-17(14-26-19)20(25(32)36)24(31)35-9-6-3/h4-6,10-12,17,19-20,26H,1-3,7-9,13-14H2,(H,27,28)(H,32,36)/t17-,19?,20+/m1/s1. The molecule has 1 heterocycles. The molecule has 192 valence electrons. The summed E-state index contributed by atoms with van der Waals surface area (Å²) in [5.74, 6) is -4.20. The molecule has 0 saturated carbocycles. The highest BCUT2D eigenvalue weighted by molar-refractivity contribution is 7.80. The van der Waals surface area contributed by atoms with Gasteiger partial charge in [0.15, 0.2) is 5.05 Å². The fourth-order valence-electron chi connectivity index (χ4n) is 3.54. The van der Waals surface area contributed by atoms with Crippen molar-refractivity contribution >= 4 is 46.8 Å². The number of rotatable bonds is 13. The molecule has 1 aromatic rings. The Hall–Kier alpha value is -3.83. The van der Waals surface area contributed by atoms with Crippen molar-refractivity contribution in [2.75, 3.05) is 31.7 Å². The van der Waals surface area contributed by atoms with Crippen molar-refractivity contribution in [1.82, 2.24) is 5.32 Å². The van der Waals surface area contributed by atoms with Crippen molar-refractivity contribution in [2.45, 2.75) is 12.5 Å². The second-order valence-corrected chi connectivity index (χ2v) is 8.17. The van der Waals surface area contributed by atoms with Gasteiger partial charge in [-0.2, -0.15) is 0 Å². The molecule has 3 N–H and O–H groups in total. The first-order chi connectivity index (χ1) is 17.2. The highest BCUT2D eigenvalue weighted by Crippen LogP contribution is 2.26. The first kappa shape index (κ1) is 28.4. The Morgan fingerprint density at radius 2 is 1.53 bits per heavy atom. The quantitative estimate of drug-likeness (QED) is 0.155. The van der Waals surface area contributed by atoms with E-state index in [-0.39, 0.29) is 49.6 Å². The van der Waals surface area contributed by atoms with E-state index in [9.17, 15) is 24.3 Å². The Morgan fingerprint density at radius 3 is 2.03 bits per heavy atom. The molecule has 0 aliphatic carbocycles. The zero-order chi connectivity index (χ0) is 26.7. The normalized spacial score (nSPS) is 17.2. The van der Waals surface area contributed by atoms with Crippen molar-refractivity contribution in [3.8, 4) is 0 Å². The Balaban J connectivity index is 2.19. The van der Waals surface area contributed by atoms with E-state index in [0.717, 1.165) is 0 Å². The number of ether oxygens (including phenoxy) is 3. The van der Waals surface area contributed by atoms with Crippen LogP contribution in [-0.4, -0.2) is 66.4 Å². The van der Waals surface area contributed by atoms with Gasteiger partial charge in [-0.1, -0.05) is 38.0 Å². The lowest BCUT2D eigenvalue weighted by atomic mass is 9.90. The summed E-state index contributed by atoms with van der Waals surface area (Å²) in [5, 5.41) is 15.0. The van der Waals surface area contributed by atoms with Crippen LogP contribution in [0.5, 0.6) is 0 Å². The first-order valence-corrected chi connectivity index (χ1v) is 11.4. The van der Waals surface area contributed by atoms with Crippen molar-refractivity contribution in [2.24, 2.45) is 11.8 Å². The van der Waals surface area contributed by atoms with Gasteiger partial charge in [-0.05, 0) is 42.8 Å². The number of carbonyl (C=O) groups excluding carboxylic acids is 4. The fraction of sp³-hybridized carbons (Fsp3) is 0.320. The van der Waals surface area contributed by atoms with Crippen LogP contribution in [0.1, 0.15) is 27.1 Å². The fourth-order valence-corrected chi connectivity index (χ4v) is 3.83. The predicted molar refractivity (Wildman–Crippen MR) is 136 cm³/mol. The van der Waals surface area contributed by atoms with Crippen molar-refractivity contribution in [3.63, 3.8) is 0 Å². The number of anilines is 1. The molecule has 1 aliphatic heterocycles. The number of hydrogen-bond acceptors (Lipinski definition) is 9. The Bertz CT molecular complexity index is 1010. The number of hydrogen-bond donors (Lipinski definition) is 3. The third kappa shape index (κ3) is 7.85. The largest absolute Gasteiger partial charge is 0.501 e. The number of aliphatic hydroxyl groups is 1. The lowest BCUT2D eigenvalue weighted by Crippen LogP contribution is -2.35. The molecule has 0 spiro atoms. The molecule has 1 amide bonds. The molecule has 0 aromatic heterocycles. The van der Waals surface area contributed by atoms with Crippen LogP contribution in [0.3, 0.4) is 0 Å². The van der Waals surface area contributed by atoms with Crippen LogP contribution < -0.4 is 10.6 Å². The molecule has 1 aliphatic rings. The number of esters is 3. The summed E-state index contributed by atoms with van der Waals surface area (Å²) in [6, 6.07) is 3.26. The van der Waals surface area contributed by atoms with Gasteiger partial charge in [-0.25, -0.2) is 9.59 Å². The maximum Gasteiger partial charge on any atom is 0.338 e. The van der Waals surface area contributed by atoms with Gasteiger partial charge < -0.3 is 30.0 Å². The summed E-state index contributed by atoms with van der Waals surface area (Å²) in [5.41, 5.74) is 0.199. The maximum atomic E-state index is 12.9. The van der Waals surface area contributed by atoms with Crippen LogP contribution in [-0.2, 0) is 23.8 Å². The van der Waals surface area contributed by atoms with E-state index in [2.05, 4.69) is 30.4 Å². The van der Waals surface area contributed by atoms with E-state index >= 15 is 0 Å². The van der Waals surface area contributed by atoms with Crippen LogP contribution in [0.2, 0.25) is 0 Å². The van der Waals surface area contributed by atoms with Crippen molar-refractivity contribution in [1.29, 1.82) is 0 Å². The van der Waals surface area contributed by atoms with E-state index in [1.807, 2.05) is 0 Å². The second kappa shape index (κ2) is 13.9. The van der Waals surface area contributed by atoms with Crippen LogP contribution in [0, 0.1) is 11.8 Å². The lowest BCUT2D eigenvalue weighted by molar-refractivity contribution is -0.146. The third-order valence-corrected chi connectivity index (χ3v) is 5.41. The number of amides is 1. The van der Waals surface area contributed by atoms with Crippen molar-refractivity contribution in [3.05, 3.63) is 67.3 Å². The zero-order valence-electron chi connectivity index (χ0n) is 19.6. The second-order valence-electron chi connectivity index (χ2n) is 7.75. The number of benzene rings is 1. The van der Waals surface area contributed by atoms with E-state index in [1.54, 1.807) is 0 Å². The molecule has 1 fully saturated rings. The smallest absolute Gasteiger partial charge is 0.338 e. The molecule has 3 atom stereocenters. The van der Waals surface area contributed by atoms with Crippen molar-refractivity contribution < 1.29 is 38.5 Å². The summed E-state index contributed by atoms with van der Waals surface area (Å²) < 4.78 is 15.1. The molecule has 11 heteroatoms. The average molecular weight is 517 g/mol. The SMILES string of the molecule is C=CCOC(=O)c1cc(NC(=O)C2C[C@@H]([C@@H](C(=O)OCC=C)C(O)=S)CN2)cc(C(=O)OCC=C)c1. The average Bonchev–Trinajstić information content (AvgIpc) is 3.33. The predicted octanol–water partition coefficient (Wildman–Crippen LogP) is 2.52. The Morgan fingerprint density at radius 1 is 1.00 bits per heavy atom. The number of aliphatic hydroxyl groups excluding tert-OH is 1.